The Morgan fingerprint density at radius 3 is 2.17 bits per heavy atom. The number of hydrogen-bond donors (Lipinski definition) is 2. The number of aryl methyl sites for hydroxylation is 1. The molecular formula is C15H12F4N2OS. The topological polar surface area (TPSA) is 33.3 Å². The molecule has 0 spiro atoms. The average molecular weight is 344 g/mol. The van der Waals surface area contributed by atoms with E-state index in [9.17, 15) is 17.6 Å². The molecule has 0 saturated heterocycles. The molecule has 0 atom stereocenters. The maximum absolute atomic E-state index is 13.6. The van der Waals surface area contributed by atoms with Gasteiger partial charge in [0.05, 0.1) is 12.8 Å². The second-order valence-corrected chi connectivity index (χ2v) is 5.03. The Morgan fingerprint density at radius 1 is 1.00 bits per heavy atom. The molecular weight excluding hydrogens is 332 g/mol. The molecule has 0 fully saturated rings. The number of nitrogens with one attached hydrogen (secondary N) is 2. The average Bonchev–Trinajstić information content (AvgIpc) is 2.50. The molecule has 0 bridgehead atoms. The minimum atomic E-state index is -1.57. The van der Waals surface area contributed by atoms with E-state index in [1.807, 2.05) is 6.92 Å². The van der Waals surface area contributed by atoms with Gasteiger partial charge in [0.15, 0.2) is 28.4 Å². The molecule has 0 aliphatic heterocycles. The predicted octanol–water partition coefficient (Wildman–Crippen LogP) is 4.37. The Morgan fingerprint density at radius 2 is 1.61 bits per heavy atom. The van der Waals surface area contributed by atoms with Crippen molar-refractivity contribution in [2.45, 2.75) is 6.92 Å². The third-order valence-corrected chi connectivity index (χ3v) is 3.16. The van der Waals surface area contributed by atoms with E-state index in [0.29, 0.717) is 11.4 Å². The van der Waals surface area contributed by atoms with Gasteiger partial charge in [-0.3, -0.25) is 0 Å². The zero-order chi connectivity index (χ0) is 17.1. The van der Waals surface area contributed by atoms with Crippen molar-refractivity contribution in [1.29, 1.82) is 0 Å². The van der Waals surface area contributed by atoms with Gasteiger partial charge in [0, 0.05) is 6.07 Å². The van der Waals surface area contributed by atoms with Crippen LogP contribution in [0.2, 0.25) is 0 Å². The molecule has 0 amide bonds. The number of ether oxygens (including phenoxy) is 1. The van der Waals surface area contributed by atoms with Gasteiger partial charge >= 0.3 is 0 Å². The Labute approximate surface area is 135 Å². The molecule has 2 aromatic carbocycles. The summed E-state index contributed by atoms with van der Waals surface area (Å²) in [5, 5.41) is 4.52. The summed E-state index contributed by atoms with van der Waals surface area (Å²) in [6.07, 6.45) is 0. The van der Waals surface area contributed by atoms with Crippen molar-refractivity contribution in [1.82, 2.24) is 0 Å². The third-order valence-electron chi connectivity index (χ3n) is 2.95. The Kier molecular flexibility index (Phi) is 5.05. The predicted molar refractivity (Wildman–Crippen MR) is 83.8 cm³/mol. The van der Waals surface area contributed by atoms with E-state index in [4.69, 9.17) is 17.0 Å². The molecule has 8 heteroatoms. The van der Waals surface area contributed by atoms with Gasteiger partial charge in [-0.1, -0.05) is 6.07 Å². The molecule has 0 aromatic heterocycles. The fraction of sp³-hybridized carbons (Fsp3) is 0.133. The van der Waals surface area contributed by atoms with Gasteiger partial charge in [-0.15, -0.1) is 0 Å². The lowest BCUT2D eigenvalue weighted by Crippen LogP contribution is -2.22. The summed E-state index contributed by atoms with van der Waals surface area (Å²) < 4.78 is 58.6. The Bertz CT molecular complexity index is 741. The van der Waals surface area contributed by atoms with Crippen LogP contribution < -0.4 is 15.4 Å². The lowest BCUT2D eigenvalue weighted by atomic mass is 10.2. The standard InChI is InChI=1S/C15H12F4N2OS/c1-7-3-4-11(22-2)10(5-7)20-15(23)21-14-12(18)8(16)6-9(17)13(14)19/h3-6H,1-2H3,(H2,20,21,23). The molecule has 2 aromatic rings. The van der Waals surface area contributed by atoms with Gasteiger partial charge in [0.1, 0.15) is 11.4 Å². The van der Waals surface area contributed by atoms with Crippen LogP contribution in [-0.2, 0) is 0 Å². The first-order valence-corrected chi connectivity index (χ1v) is 6.80. The number of anilines is 2. The molecule has 0 heterocycles. The quantitative estimate of drug-likeness (QED) is 0.492. The number of rotatable bonds is 3. The molecule has 122 valence electrons. The first kappa shape index (κ1) is 17.0. The zero-order valence-corrected chi connectivity index (χ0v) is 13.0. The monoisotopic (exact) mass is 344 g/mol. The molecule has 0 unspecified atom stereocenters. The second kappa shape index (κ2) is 6.82. The van der Waals surface area contributed by atoms with Gasteiger partial charge in [-0.2, -0.15) is 0 Å². The van der Waals surface area contributed by atoms with Crippen LogP contribution in [0.3, 0.4) is 0 Å². The van der Waals surface area contributed by atoms with Gasteiger partial charge in [-0.25, -0.2) is 17.6 Å². The summed E-state index contributed by atoms with van der Waals surface area (Å²) in [6, 6.07) is 5.27. The first-order chi connectivity index (χ1) is 10.8. The summed E-state index contributed by atoms with van der Waals surface area (Å²) in [4.78, 5) is 0. The summed E-state index contributed by atoms with van der Waals surface area (Å²) in [7, 11) is 1.44. The molecule has 0 aliphatic carbocycles. The molecule has 23 heavy (non-hydrogen) atoms. The minimum Gasteiger partial charge on any atom is -0.495 e. The van der Waals surface area contributed by atoms with E-state index in [0.717, 1.165) is 5.56 Å². The summed E-state index contributed by atoms with van der Waals surface area (Å²) in [5.74, 6) is -5.75. The van der Waals surface area contributed by atoms with Crippen molar-refractivity contribution in [3.05, 3.63) is 53.1 Å². The number of methoxy groups -OCH3 is 1. The Hall–Kier alpha value is -2.35. The van der Waals surface area contributed by atoms with Crippen molar-refractivity contribution in [2.75, 3.05) is 17.7 Å². The highest BCUT2D eigenvalue weighted by Gasteiger charge is 2.20. The van der Waals surface area contributed by atoms with Crippen LogP contribution in [0.1, 0.15) is 5.56 Å². The van der Waals surface area contributed by atoms with Crippen LogP contribution in [0.4, 0.5) is 28.9 Å². The smallest absolute Gasteiger partial charge is 0.185 e. The zero-order valence-electron chi connectivity index (χ0n) is 12.1. The summed E-state index contributed by atoms with van der Waals surface area (Å²) in [5.41, 5.74) is 0.305. The van der Waals surface area contributed by atoms with Crippen LogP contribution in [0.25, 0.3) is 0 Å². The number of halogens is 4. The van der Waals surface area contributed by atoms with E-state index < -0.39 is 29.0 Å². The van der Waals surface area contributed by atoms with Crippen LogP contribution in [0.5, 0.6) is 5.75 Å². The number of thiocarbonyl (C=S) groups is 1. The molecule has 0 radical (unpaired) electrons. The number of hydrogen-bond acceptors (Lipinski definition) is 2. The van der Waals surface area contributed by atoms with E-state index in [-0.39, 0.29) is 11.2 Å². The van der Waals surface area contributed by atoms with Crippen molar-refractivity contribution in [2.24, 2.45) is 0 Å². The van der Waals surface area contributed by atoms with E-state index >= 15 is 0 Å². The fourth-order valence-electron chi connectivity index (χ4n) is 1.87. The van der Waals surface area contributed by atoms with Crippen LogP contribution >= 0.6 is 12.2 Å². The summed E-state index contributed by atoms with van der Waals surface area (Å²) in [6.45, 7) is 1.82. The number of benzene rings is 2. The largest absolute Gasteiger partial charge is 0.495 e. The Balaban J connectivity index is 2.26. The van der Waals surface area contributed by atoms with Gasteiger partial charge in [0.25, 0.3) is 0 Å². The molecule has 2 N–H and O–H groups in total. The van der Waals surface area contributed by atoms with E-state index in [1.54, 1.807) is 18.2 Å². The maximum Gasteiger partial charge on any atom is 0.185 e. The lowest BCUT2D eigenvalue weighted by Gasteiger charge is -2.15. The third kappa shape index (κ3) is 3.70. The van der Waals surface area contributed by atoms with Gasteiger partial charge in [-0.05, 0) is 36.8 Å². The van der Waals surface area contributed by atoms with Crippen molar-refractivity contribution < 1.29 is 22.3 Å². The SMILES string of the molecule is COc1ccc(C)cc1NC(=S)Nc1c(F)c(F)cc(F)c1F. The lowest BCUT2D eigenvalue weighted by molar-refractivity contribution is 0.417. The van der Waals surface area contributed by atoms with Gasteiger partial charge in [0.2, 0.25) is 0 Å². The molecule has 3 nitrogen and oxygen atoms in total. The highest BCUT2D eigenvalue weighted by Crippen LogP contribution is 2.27. The summed E-state index contributed by atoms with van der Waals surface area (Å²) >= 11 is 4.92. The van der Waals surface area contributed by atoms with Crippen LogP contribution in [0, 0.1) is 30.2 Å². The van der Waals surface area contributed by atoms with Crippen molar-refractivity contribution in [3.63, 3.8) is 0 Å². The van der Waals surface area contributed by atoms with Crippen molar-refractivity contribution in [3.8, 4) is 5.75 Å². The highest BCUT2D eigenvalue weighted by molar-refractivity contribution is 7.80. The highest BCUT2D eigenvalue weighted by atomic mass is 32.1. The van der Waals surface area contributed by atoms with Crippen LogP contribution in [-0.4, -0.2) is 12.2 Å². The molecule has 0 saturated carbocycles. The second-order valence-electron chi connectivity index (χ2n) is 4.63. The van der Waals surface area contributed by atoms with Gasteiger partial charge < -0.3 is 15.4 Å². The van der Waals surface area contributed by atoms with E-state index in [2.05, 4.69) is 10.6 Å². The van der Waals surface area contributed by atoms with Crippen LogP contribution in [0.15, 0.2) is 24.3 Å². The molecule has 2 rings (SSSR count). The fourth-order valence-corrected chi connectivity index (χ4v) is 2.08. The molecule has 0 aliphatic rings. The first-order valence-electron chi connectivity index (χ1n) is 6.39. The van der Waals surface area contributed by atoms with Crippen molar-refractivity contribution >= 4 is 28.7 Å². The maximum atomic E-state index is 13.6. The van der Waals surface area contributed by atoms with E-state index in [1.165, 1.54) is 7.11 Å². The normalized spacial score (nSPS) is 10.3. The minimum absolute atomic E-state index is 0.121.